The van der Waals surface area contributed by atoms with E-state index < -0.39 is 0 Å². The van der Waals surface area contributed by atoms with Crippen LogP contribution in [0, 0.1) is 17.2 Å². The number of benzene rings is 2. The van der Waals surface area contributed by atoms with Crippen molar-refractivity contribution < 1.29 is 9.53 Å². The van der Waals surface area contributed by atoms with E-state index in [0.717, 1.165) is 32.1 Å². The first-order valence-corrected chi connectivity index (χ1v) is 9.43. The molecule has 0 amide bonds. The van der Waals surface area contributed by atoms with Crippen molar-refractivity contribution in [2.45, 2.75) is 45.4 Å². The van der Waals surface area contributed by atoms with Crippen molar-refractivity contribution >= 4 is 5.97 Å². The molecular weight excluding hydrogens is 322 g/mol. The summed E-state index contributed by atoms with van der Waals surface area (Å²) in [4.78, 5) is 11.8. The van der Waals surface area contributed by atoms with Gasteiger partial charge >= 0.3 is 5.97 Å². The molecule has 0 fully saturated rings. The minimum atomic E-state index is -0.0714. The molecule has 3 nitrogen and oxygen atoms in total. The van der Waals surface area contributed by atoms with Gasteiger partial charge in [0.05, 0.1) is 18.2 Å². The average molecular weight is 347 g/mol. The van der Waals surface area contributed by atoms with Gasteiger partial charge in [-0.1, -0.05) is 30.3 Å². The fourth-order valence-electron chi connectivity index (χ4n) is 3.71. The zero-order valence-corrected chi connectivity index (χ0v) is 15.3. The second-order valence-corrected chi connectivity index (χ2v) is 7.03. The number of hydrogen-bond acceptors (Lipinski definition) is 3. The molecule has 3 rings (SSSR count). The maximum absolute atomic E-state index is 11.8. The number of esters is 1. The Bertz CT molecular complexity index is 802. The van der Waals surface area contributed by atoms with E-state index in [-0.39, 0.29) is 5.97 Å². The second kappa shape index (κ2) is 8.67. The summed E-state index contributed by atoms with van der Waals surface area (Å²) < 4.78 is 5.10. The topological polar surface area (TPSA) is 50.1 Å². The van der Waals surface area contributed by atoms with Gasteiger partial charge in [-0.05, 0) is 79.3 Å². The molecule has 0 aliphatic heterocycles. The standard InChI is InChI=1S/C23H25NO2/c1-2-26-23(25)15-20-10-12-21-11-9-18(13-22(21)14-20)6-3-17-4-7-19(16-24)8-5-17/h4-5,7-9,11,13,20H,2-3,6,10,12,14-15H2,1H3. The maximum Gasteiger partial charge on any atom is 0.306 e. The van der Waals surface area contributed by atoms with Crippen LogP contribution in [0.1, 0.15) is 47.6 Å². The van der Waals surface area contributed by atoms with E-state index in [1.807, 2.05) is 31.2 Å². The summed E-state index contributed by atoms with van der Waals surface area (Å²) in [6, 6.07) is 16.8. The summed E-state index contributed by atoms with van der Waals surface area (Å²) in [6.45, 7) is 2.32. The predicted octanol–water partition coefficient (Wildman–Crippen LogP) is 4.40. The summed E-state index contributed by atoms with van der Waals surface area (Å²) in [7, 11) is 0. The van der Waals surface area contributed by atoms with Crippen molar-refractivity contribution in [2.75, 3.05) is 6.61 Å². The van der Waals surface area contributed by atoms with Gasteiger partial charge in [0.15, 0.2) is 0 Å². The quantitative estimate of drug-likeness (QED) is 0.728. The lowest BCUT2D eigenvalue weighted by Crippen LogP contribution is -2.19. The van der Waals surface area contributed by atoms with Crippen molar-refractivity contribution in [3.8, 4) is 6.07 Å². The minimum absolute atomic E-state index is 0.0714. The summed E-state index contributed by atoms with van der Waals surface area (Å²) in [5, 5.41) is 8.88. The van der Waals surface area contributed by atoms with Crippen LogP contribution in [0.2, 0.25) is 0 Å². The SMILES string of the molecule is CCOC(=O)CC1CCc2ccc(CCc3ccc(C#N)cc3)cc2C1. The van der Waals surface area contributed by atoms with E-state index >= 15 is 0 Å². The van der Waals surface area contributed by atoms with Gasteiger partial charge in [0.1, 0.15) is 0 Å². The van der Waals surface area contributed by atoms with Gasteiger partial charge in [-0.2, -0.15) is 5.26 Å². The van der Waals surface area contributed by atoms with Crippen molar-refractivity contribution in [3.63, 3.8) is 0 Å². The Morgan fingerprint density at radius 1 is 1.12 bits per heavy atom. The number of carbonyl (C=O) groups is 1. The highest BCUT2D eigenvalue weighted by Crippen LogP contribution is 2.29. The van der Waals surface area contributed by atoms with Crippen LogP contribution in [0.4, 0.5) is 0 Å². The van der Waals surface area contributed by atoms with Gasteiger partial charge in [-0.15, -0.1) is 0 Å². The molecule has 1 aliphatic rings. The van der Waals surface area contributed by atoms with E-state index in [0.29, 0.717) is 24.5 Å². The number of carbonyl (C=O) groups excluding carboxylic acids is 1. The summed E-state index contributed by atoms with van der Waals surface area (Å²) in [6.07, 6.45) is 5.58. The van der Waals surface area contributed by atoms with Crippen LogP contribution in [-0.4, -0.2) is 12.6 Å². The number of ether oxygens (including phenoxy) is 1. The Balaban J connectivity index is 1.61. The third kappa shape index (κ3) is 4.73. The normalized spacial score (nSPS) is 15.8. The Morgan fingerprint density at radius 3 is 2.58 bits per heavy atom. The van der Waals surface area contributed by atoms with Gasteiger partial charge in [0, 0.05) is 6.42 Å². The Labute approximate surface area is 155 Å². The first-order chi connectivity index (χ1) is 12.7. The molecule has 1 unspecified atom stereocenters. The molecule has 134 valence electrons. The second-order valence-electron chi connectivity index (χ2n) is 7.03. The van der Waals surface area contributed by atoms with E-state index in [1.54, 1.807) is 0 Å². The molecule has 1 aliphatic carbocycles. The average Bonchev–Trinajstić information content (AvgIpc) is 2.66. The van der Waals surface area contributed by atoms with Crippen LogP contribution >= 0.6 is 0 Å². The molecule has 0 saturated carbocycles. The van der Waals surface area contributed by atoms with Gasteiger partial charge in [-0.25, -0.2) is 0 Å². The Kier molecular flexibility index (Phi) is 6.07. The molecule has 3 heteroatoms. The third-order valence-electron chi connectivity index (χ3n) is 5.15. The van der Waals surface area contributed by atoms with Crippen LogP contribution in [0.5, 0.6) is 0 Å². The molecule has 0 N–H and O–H groups in total. The van der Waals surface area contributed by atoms with E-state index in [2.05, 4.69) is 24.3 Å². The number of nitrogens with zero attached hydrogens (tertiary/aromatic N) is 1. The lowest BCUT2D eigenvalue weighted by Gasteiger charge is -2.24. The lowest BCUT2D eigenvalue weighted by atomic mass is 9.81. The number of aryl methyl sites for hydroxylation is 3. The smallest absolute Gasteiger partial charge is 0.306 e. The van der Waals surface area contributed by atoms with Gasteiger partial charge in [-0.3, -0.25) is 4.79 Å². The summed E-state index contributed by atoms with van der Waals surface area (Å²) in [5.74, 6) is 0.327. The first kappa shape index (κ1) is 18.2. The van der Waals surface area contributed by atoms with E-state index in [4.69, 9.17) is 10.00 Å². The Morgan fingerprint density at radius 2 is 1.85 bits per heavy atom. The van der Waals surface area contributed by atoms with E-state index in [1.165, 1.54) is 22.3 Å². The largest absolute Gasteiger partial charge is 0.466 e. The zero-order valence-electron chi connectivity index (χ0n) is 15.3. The van der Waals surface area contributed by atoms with Crippen molar-refractivity contribution in [1.29, 1.82) is 5.26 Å². The molecule has 0 radical (unpaired) electrons. The van der Waals surface area contributed by atoms with Gasteiger partial charge < -0.3 is 4.74 Å². The lowest BCUT2D eigenvalue weighted by molar-refractivity contribution is -0.144. The number of nitriles is 1. The molecule has 2 aromatic rings. The molecule has 0 spiro atoms. The molecule has 1 atom stereocenters. The molecule has 2 aromatic carbocycles. The molecule has 0 heterocycles. The van der Waals surface area contributed by atoms with Crippen LogP contribution in [-0.2, 0) is 35.2 Å². The number of hydrogen-bond donors (Lipinski definition) is 0. The highest BCUT2D eigenvalue weighted by molar-refractivity contribution is 5.69. The fraction of sp³-hybridized carbons (Fsp3) is 0.391. The number of rotatable bonds is 6. The predicted molar refractivity (Wildman–Crippen MR) is 102 cm³/mol. The van der Waals surface area contributed by atoms with Gasteiger partial charge in [0.2, 0.25) is 0 Å². The van der Waals surface area contributed by atoms with Crippen LogP contribution in [0.25, 0.3) is 0 Å². The molecule has 0 saturated heterocycles. The summed E-state index contributed by atoms with van der Waals surface area (Å²) >= 11 is 0. The Hall–Kier alpha value is -2.60. The van der Waals surface area contributed by atoms with Crippen LogP contribution in [0.3, 0.4) is 0 Å². The molecule has 0 bridgehead atoms. The molecule has 26 heavy (non-hydrogen) atoms. The highest BCUT2D eigenvalue weighted by Gasteiger charge is 2.21. The minimum Gasteiger partial charge on any atom is -0.466 e. The number of fused-ring (bicyclic) bond motifs is 1. The van der Waals surface area contributed by atoms with Crippen molar-refractivity contribution in [1.82, 2.24) is 0 Å². The zero-order chi connectivity index (χ0) is 18.4. The molecule has 0 aromatic heterocycles. The third-order valence-corrected chi connectivity index (χ3v) is 5.15. The van der Waals surface area contributed by atoms with Crippen LogP contribution in [0.15, 0.2) is 42.5 Å². The van der Waals surface area contributed by atoms with Gasteiger partial charge in [0.25, 0.3) is 0 Å². The summed E-state index contributed by atoms with van der Waals surface area (Å²) in [5.41, 5.74) is 6.11. The highest BCUT2D eigenvalue weighted by atomic mass is 16.5. The first-order valence-electron chi connectivity index (χ1n) is 9.43. The van der Waals surface area contributed by atoms with Crippen molar-refractivity contribution in [3.05, 3.63) is 70.3 Å². The van der Waals surface area contributed by atoms with Crippen molar-refractivity contribution in [2.24, 2.45) is 5.92 Å². The van der Waals surface area contributed by atoms with E-state index in [9.17, 15) is 4.79 Å². The molecular formula is C23H25NO2. The fourth-order valence-corrected chi connectivity index (χ4v) is 3.71. The monoisotopic (exact) mass is 347 g/mol. The van der Waals surface area contributed by atoms with Crippen LogP contribution < -0.4 is 0 Å². The maximum atomic E-state index is 11.8.